The van der Waals surface area contributed by atoms with E-state index in [0.29, 0.717) is 19.6 Å². The van der Waals surface area contributed by atoms with Crippen molar-refractivity contribution >= 4 is 16.9 Å². The van der Waals surface area contributed by atoms with Crippen LogP contribution in [0.25, 0.3) is 11.0 Å². The van der Waals surface area contributed by atoms with Crippen LogP contribution in [0.3, 0.4) is 0 Å². The number of amides is 1. The van der Waals surface area contributed by atoms with E-state index in [-0.39, 0.29) is 5.91 Å². The SMILES string of the molecule is CCCC(=O)NCCCc1nc2ccccc2n1CCOc1cc(C)cc(C)c1. The summed E-state index contributed by atoms with van der Waals surface area (Å²) in [5.74, 6) is 2.08. The highest BCUT2D eigenvalue weighted by Crippen LogP contribution is 2.19. The normalized spacial score (nSPS) is 11.0. The molecule has 154 valence electrons. The summed E-state index contributed by atoms with van der Waals surface area (Å²) in [4.78, 5) is 16.5. The Labute approximate surface area is 173 Å². The van der Waals surface area contributed by atoms with Crippen LogP contribution in [0.2, 0.25) is 0 Å². The largest absolute Gasteiger partial charge is 0.492 e. The average molecular weight is 394 g/mol. The van der Waals surface area contributed by atoms with Crippen LogP contribution >= 0.6 is 0 Å². The smallest absolute Gasteiger partial charge is 0.219 e. The molecule has 0 aliphatic heterocycles. The number of hydrogen-bond acceptors (Lipinski definition) is 3. The van der Waals surface area contributed by atoms with E-state index in [1.165, 1.54) is 11.1 Å². The molecule has 0 radical (unpaired) electrons. The molecule has 5 nitrogen and oxygen atoms in total. The van der Waals surface area contributed by atoms with E-state index < -0.39 is 0 Å². The van der Waals surface area contributed by atoms with Gasteiger partial charge >= 0.3 is 0 Å². The second kappa shape index (κ2) is 10.1. The Morgan fingerprint density at radius 3 is 2.66 bits per heavy atom. The number of nitrogens with zero attached hydrogens (tertiary/aromatic N) is 2. The molecule has 3 rings (SSSR count). The first-order chi connectivity index (χ1) is 14.1. The number of hydrogen-bond donors (Lipinski definition) is 1. The van der Waals surface area contributed by atoms with E-state index >= 15 is 0 Å². The van der Waals surface area contributed by atoms with Gasteiger partial charge in [0, 0.05) is 19.4 Å². The zero-order valence-electron chi connectivity index (χ0n) is 17.7. The Morgan fingerprint density at radius 1 is 1.14 bits per heavy atom. The predicted molar refractivity (Wildman–Crippen MR) is 117 cm³/mol. The van der Waals surface area contributed by atoms with Crippen molar-refractivity contribution in [1.29, 1.82) is 0 Å². The Hall–Kier alpha value is -2.82. The minimum absolute atomic E-state index is 0.128. The molecule has 3 aromatic rings. The number of nitrogens with one attached hydrogen (secondary N) is 1. The van der Waals surface area contributed by atoms with Gasteiger partial charge in [-0.25, -0.2) is 4.98 Å². The average Bonchev–Trinajstić information content (AvgIpc) is 3.02. The topological polar surface area (TPSA) is 56.2 Å². The summed E-state index contributed by atoms with van der Waals surface area (Å²) < 4.78 is 8.27. The molecule has 1 heterocycles. The van der Waals surface area contributed by atoms with Crippen LogP contribution in [-0.2, 0) is 17.8 Å². The molecule has 29 heavy (non-hydrogen) atoms. The van der Waals surface area contributed by atoms with E-state index in [9.17, 15) is 4.79 Å². The number of aryl methyl sites for hydroxylation is 3. The van der Waals surface area contributed by atoms with Crippen molar-refractivity contribution in [1.82, 2.24) is 14.9 Å². The van der Waals surface area contributed by atoms with Gasteiger partial charge in [0.1, 0.15) is 18.2 Å². The maximum absolute atomic E-state index is 11.6. The number of para-hydroxylation sites is 2. The standard InChI is InChI=1S/C24H31N3O2/c1-4-8-24(28)25-12-7-11-23-26-21-9-5-6-10-22(21)27(23)13-14-29-20-16-18(2)15-19(3)17-20/h5-6,9-10,15-17H,4,7-8,11-14H2,1-3H3,(H,25,28). The van der Waals surface area contributed by atoms with Crippen molar-refractivity contribution in [3.8, 4) is 5.75 Å². The zero-order chi connectivity index (χ0) is 20.6. The van der Waals surface area contributed by atoms with Gasteiger partial charge in [0.25, 0.3) is 0 Å². The lowest BCUT2D eigenvalue weighted by Crippen LogP contribution is -2.24. The van der Waals surface area contributed by atoms with Gasteiger partial charge in [-0.15, -0.1) is 0 Å². The minimum atomic E-state index is 0.128. The van der Waals surface area contributed by atoms with Gasteiger partial charge in [0.05, 0.1) is 17.6 Å². The highest BCUT2D eigenvalue weighted by molar-refractivity contribution is 5.76. The lowest BCUT2D eigenvalue weighted by molar-refractivity contribution is -0.121. The van der Waals surface area contributed by atoms with Gasteiger partial charge in [-0.05, 0) is 62.1 Å². The Bertz CT molecular complexity index is 942. The van der Waals surface area contributed by atoms with Crippen molar-refractivity contribution < 1.29 is 9.53 Å². The monoisotopic (exact) mass is 393 g/mol. The summed E-state index contributed by atoms with van der Waals surface area (Å²) in [7, 11) is 0. The van der Waals surface area contributed by atoms with Crippen LogP contribution < -0.4 is 10.1 Å². The number of aromatic nitrogens is 2. The minimum Gasteiger partial charge on any atom is -0.492 e. The zero-order valence-corrected chi connectivity index (χ0v) is 17.7. The summed E-state index contributed by atoms with van der Waals surface area (Å²) in [6, 6.07) is 14.5. The van der Waals surface area contributed by atoms with Gasteiger partial charge in [0.2, 0.25) is 5.91 Å². The molecule has 0 atom stereocenters. The molecule has 1 aromatic heterocycles. The van der Waals surface area contributed by atoms with E-state index in [2.05, 4.69) is 48.0 Å². The van der Waals surface area contributed by atoms with E-state index in [1.807, 2.05) is 25.1 Å². The number of imidazole rings is 1. The third-order valence-electron chi connectivity index (χ3n) is 4.89. The second-order valence-corrected chi connectivity index (χ2v) is 7.54. The summed E-state index contributed by atoms with van der Waals surface area (Å²) in [5, 5.41) is 2.98. The van der Waals surface area contributed by atoms with Crippen molar-refractivity contribution in [2.24, 2.45) is 0 Å². The Morgan fingerprint density at radius 2 is 1.90 bits per heavy atom. The van der Waals surface area contributed by atoms with Crippen LogP contribution in [0.4, 0.5) is 0 Å². The van der Waals surface area contributed by atoms with Gasteiger partial charge in [0.15, 0.2) is 0 Å². The van der Waals surface area contributed by atoms with E-state index in [0.717, 1.165) is 48.4 Å². The summed E-state index contributed by atoms with van der Waals surface area (Å²) >= 11 is 0. The third kappa shape index (κ3) is 5.83. The number of rotatable bonds is 10. The maximum atomic E-state index is 11.6. The van der Waals surface area contributed by atoms with Crippen LogP contribution in [-0.4, -0.2) is 28.6 Å². The first kappa shape index (κ1) is 20.9. The van der Waals surface area contributed by atoms with Crippen molar-refractivity contribution in [2.75, 3.05) is 13.2 Å². The Kier molecular flexibility index (Phi) is 7.28. The number of carbonyl (C=O) groups is 1. The molecule has 1 amide bonds. The molecule has 0 saturated carbocycles. The molecule has 5 heteroatoms. The van der Waals surface area contributed by atoms with Gasteiger partial charge < -0.3 is 14.6 Å². The van der Waals surface area contributed by atoms with Crippen LogP contribution in [0.5, 0.6) is 5.75 Å². The maximum Gasteiger partial charge on any atom is 0.219 e. The molecular weight excluding hydrogens is 362 g/mol. The molecule has 0 aliphatic rings. The van der Waals surface area contributed by atoms with E-state index in [4.69, 9.17) is 9.72 Å². The Balaban J connectivity index is 1.64. The van der Waals surface area contributed by atoms with E-state index in [1.54, 1.807) is 0 Å². The molecule has 1 N–H and O–H groups in total. The fraction of sp³-hybridized carbons (Fsp3) is 0.417. The number of carbonyl (C=O) groups excluding carboxylic acids is 1. The third-order valence-corrected chi connectivity index (χ3v) is 4.89. The number of ether oxygens (including phenoxy) is 1. The molecular formula is C24H31N3O2. The molecule has 2 aromatic carbocycles. The van der Waals surface area contributed by atoms with Gasteiger partial charge in [-0.3, -0.25) is 4.79 Å². The predicted octanol–water partition coefficient (Wildman–Crippen LogP) is 4.58. The van der Waals surface area contributed by atoms with Crippen LogP contribution in [0, 0.1) is 13.8 Å². The summed E-state index contributed by atoms with van der Waals surface area (Å²) in [6.07, 6.45) is 3.16. The lowest BCUT2D eigenvalue weighted by atomic mass is 10.1. The molecule has 0 spiro atoms. The molecule has 0 unspecified atom stereocenters. The van der Waals surface area contributed by atoms with Crippen molar-refractivity contribution in [3.05, 3.63) is 59.4 Å². The summed E-state index contributed by atoms with van der Waals surface area (Å²) in [6.45, 7) is 8.19. The van der Waals surface area contributed by atoms with Crippen molar-refractivity contribution in [3.63, 3.8) is 0 Å². The quantitative estimate of drug-likeness (QED) is 0.513. The fourth-order valence-electron chi connectivity index (χ4n) is 3.63. The number of fused-ring (bicyclic) bond motifs is 1. The fourth-order valence-corrected chi connectivity index (χ4v) is 3.63. The molecule has 0 fully saturated rings. The van der Waals surface area contributed by atoms with Gasteiger partial charge in [-0.1, -0.05) is 25.1 Å². The summed E-state index contributed by atoms with van der Waals surface area (Å²) in [5.41, 5.74) is 4.54. The van der Waals surface area contributed by atoms with Gasteiger partial charge in [-0.2, -0.15) is 0 Å². The highest BCUT2D eigenvalue weighted by atomic mass is 16.5. The molecule has 0 aliphatic carbocycles. The molecule has 0 saturated heterocycles. The molecule has 0 bridgehead atoms. The van der Waals surface area contributed by atoms with Crippen LogP contribution in [0.15, 0.2) is 42.5 Å². The number of benzene rings is 2. The second-order valence-electron chi connectivity index (χ2n) is 7.54. The van der Waals surface area contributed by atoms with Crippen LogP contribution in [0.1, 0.15) is 43.1 Å². The lowest BCUT2D eigenvalue weighted by Gasteiger charge is -2.12. The first-order valence-electron chi connectivity index (χ1n) is 10.5. The highest BCUT2D eigenvalue weighted by Gasteiger charge is 2.11. The van der Waals surface area contributed by atoms with Crippen molar-refractivity contribution in [2.45, 2.75) is 53.0 Å². The first-order valence-corrected chi connectivity index (χ1v) is 10.5.